The van der Waals surface area contributed by atoms with Crippen molar-refractivity contribution in [3.8, 4) is 23.0 Å². The van der Waals surface area contributed by atoms with Crippen molar-refractivity contribution in [1.29, 1.82) is 0 Å². The second-order valence-electron chi connectivity index (χ2n) is 14.2. The number of aliphatic hydroxyl groups excluding tert-OH is 2. The van der Waals surface area contributed by atoms with Crippen molar-refractivity contribution in [2.45, 2.75) is 93.2 Å². The van der Waals surface area contributed by atoms with Gasteiger partial charge >= 0.3 is 0 Å². The summed E-state index contributed by atoms with van der Waals surface area (Å²) in [7, 11) is 3.41. The Balaban J connectivity index is 0.890. The smallest absolute Gasteiger partial charge is 0.171 e. The molecule has 2 spiro atoms. The average Bonchev–Trinajstić information content (AvgIpc) is 3.44. The van der Waals surface area contributed by atoms with Gasteiger partial charge in [0.25, 0.3) is 0 Å². The quantitative estimate of drug-likeness (QED) is 0.238. The number of methoxy groups -OCH3 is 2. The fraction of sp³-hybridized carbons (Fsp3) is 0.553. The van der Waals surface area contributed by atoms with Gasteiger partial charge in [-0.3, -0.25) is 4.90 Å². The van der Waals surface area contributed by atoms with Crippen LogP contribution in [-0.4, -0.2) is 90.7 Å². The van der Waals surface area contributed by atoms with Gasteiger partial charge in [0.1, 0.15) is 25.3 Å². The maximum Gasteiger partial charge on any atom is 0.171 e. The Kier molecular flexibility index (Phi) is 7.65. The van der Waals surface area contributed by atoms with E-state index >= 15 is 0 Å². The third-order valence-corrected chi connectivity index (χ3v) is 11.6. The molecule has 0 aromatic heterocycles. The molecule has 0 unspecified atom stereocenters. The van der Waals surface area contributed by atoms with Crippen LogP contribution >= 0.6 is 0 Å². The van der Waals surface area contributed by atoms with Gasteiger partial charge in [-0.15, -0.1) is 0 Å². The monoisotopic (exact) mass is 627 g/mol. The Bertz CT molecular complexity index is 1600. The number of benzene rings is 2. The van der Waals surface area contributed by atoms with Gasteiger partial charge in [0.2, 0.25) is 0 Å². The van der Waals surface area contributed by atoms with Crippen LogP contribution in [0, 0.1) is 0 Å². The zero-order valence-electron chi connectivity index (χ0n) is 27.1. The van der Waals surface area contributed by atoms with E-state index in [1.54, 1.807) is 14.2 Å². The first-order valence-electron chi connectivity index (χ1n) is 17.3. The van der Waals surface area contributed by atoms with E-state index in [4.69, 9.17) is 18.9 Å². The molecule has 0 fully saturated rings. The van der Waals surface area contributed by atoms with Crippen LogP contribution in [0.2, 0.25) is 0 Å². The van der Waals surface area contributed by atoms with Crippen LogP contribution in [0.5, 0.6) is 23.0 Å². The summed E-state index contributed by atoms with van der Waals surface area (Å²) < 4.78 is 26.8. The van der Waals surface area contributed by atoms with E-state index < -0.39 is 12.2 Å². The number of nitrogens with zero attached hydrogens (tertiary/aromatic N) is 2. The molecule has 2 aliphatic carbocycles. The van der Waals surface area contributed by atoms with Crippen LogP contribution in [0.15, 0.2) is 48.6 Å². The zero-order chi connectivity index (χ0) is 31.5. The standard InChI is InChI=1S/C38H47N2O6/c1-43-29-9-7-25-23-39(19-15-37-13-11-27(41)21-31(37)45-35(29)33(25)37)17-5-3-4-6-18-40-20-16-38-14-12-28(42)22-32(38)46-36-30(44-2)10-8-26(24-40)34(36)38/h7-14,23,27-28,31-32,41-42H,3-6,15-22,24H2,1-2H3/q+1/t27-,28-,31-,32-,37-,38-/m0/s1. The Morgan fingerprint density at radius 1 is 0.826 bits per heavy atom. The summed E-state index contributed by atoms with van der Waals surface area (Å²) in [5.41, 5.74) is 4.66. The summed E-state index contributed by atoms with van der Waals surface area (Å²) in [6.45, 7) is 5.04. The highest BCUT2D eigenvalue weighted by Gasteiger charge is 2.54. The number of hydrogen-bond acceptors (Lipinski definition) is 7. The van der Waals surface area contributed by atoms with E-state index in [0.717, 1.165) is 75.0 Å². The molecule has 0 radical (unpaired) electrons. The summed E-state index contributed by atoms with van der Waals surface area (Å²) >= 11 is 0. The first kappa shape index (κ1) is 30.0. The Morgan fingerprint density at radius 2 is 1.48 bits per heavy atom. The van der Waals surface area contributed by atoms with Gasteiger partial charge in [-0.2, -0.15) is 0 Å². The molecular weight excluding hydrogens is 580 g/mol. The van der Waals surface area contributed by atoms with Crippen molar-refractivity contribution in [2.75, 3.05) is 40.4 Å². The molecular formula is C38H47N2O6+. The van der Waals surface area contributed by atoms with Crippen molar-refractivity contribution in [2.24, 2.45) is 0 Å². The van der Waals surface area contributed by atoms with Crippen molar-refractivity contribution in [1.82, 2.24) is 4.90 Å². The van der Waals surface area contributed by atoms with Crippen molar-refractivity contribution in [3.63, 3.8) is 0 Å². The minimum absolute atomic E-state index is 0.0445. The van der Waals surface area contributed by atoms with E-state index in [-0.39, 0.29) is 23.0 Å². The topological polar surface area (TPSA) is 83.6 Å². The molecule has 244 valence electrons. The highest BCUT2D eigenvalue weighted by atomic mass is 16.5. The lowest BCUT2D eigenvalue weighted by molar-refractivity contribution is -0.524. The summed E-state index contributed by atoms with van der Waals surface area (Å²) in [6.07, 6.45) is 17.6. The number of unbranched alkanes of at least 4 members (excludes halogenated alkanes) is 3. The Labute approximate surface area is 271 Å². The van der Waals surface area contributed by atoms with Gasteiger partial charge in [0, 0.05) is 48.9 Å². The normalized spacial score (nSPS) is 31.8. The van der Waals surface area contributed by atoms with Gasteiger partial charge in [-0.05, 0) is 56.1 Å². The van der Waals surface area contributed by atoms with E-state index in [1.165, 1.54) is 41.5 Å². The minimum Gasteiger partial charge on any atom is -0.493 e. The second kappa shape index (κ2) is 11.7. The summed E-state index contributed by atoms with van der Waals surface area (Å²) in [6, 6.07) is 8.46. The first-order valence-corrected chi connectivity index (χ1v) is 17.3. The zero-order valence-corrected chi connectivity index (χ0v) is 27.1. The Morgan fingerprint density at radius 3 is 2.20 bits per heavy atom. The minimum atomic E-state index is -0.463. The summed E-state index contributed by atoms with van der Waals surface area (Å²) in [4.78, 5) is 2.61. The molecule has 2 aromatic carbocycles. The molecule has 4 heterocycles. The average molecular weight is 628 g/mol. The van der Waals surface area contributed by atoms with E-state index in [0.29, 0.717) is 12.8 Å². The van der Waals surface area contributed by atoms with Crippen LogP contribution in [0.1, 0.15) is 73.6 Å². The van der Waals surface area contributed by atoms with E-state index in [2.05, 4.69) is 40.0 Å². The van der Waals surface area contributed by atoms with Gasteiger partial charge in [0.15, 0.2) is 29.2 Å². The van der Waals surface area contributed by atoms with E-state index in [9.17, 15) is 10.2 Å². The lowest BCUT2D eigenvalue weighted by Gasteiger charge is -2.35. The number of rotatable bonds is 9. The molecule has 4 aliphatic heterocycles. The molecule has 0 amide bonds. The largest absolute Gasteiger partial charge is 0.493 e. The van der Waals surface area contributed by atoms with Crippen LogP contribution in [-0.2, 0) is 17.4 Å². The van der Waals surface area contributed by atoms with Crippen LogP contribution in [0.25, 0.3) is 0 Å². The molecule has 8 heteroatoms. The lowest BCUT2D eigenvalue weighted by Crippen LogP contribution is -2.43. The lowest BCUT2D eigenvalue weighted by atomic mass is 9.69. The third kappa shape index (κ3) is 4.78. The van der Waals surface area contributed by atoms with Gasteiger partial charge < -0.3 is 29.2 Å². The highest BCUT2D eigenvalue weighted by molar-refractivity contribution is 5.83. The molecule has 0 saturated carbocycles. The number of ether oxygens (including phenoxy) is 4. The molecule has 2 N–H and O–H groups in total. The third-order valence-electron chi connectivity index (χ3n) is 11.6. The number of aliphatic hydroxyl groups is 2. The van der Waals surface area contributed by atoms with E-state index in [1.807, 2.05) is 24.3 Å². The summed E-state index contributed by atoms with van der Waals surface area (Å²) in [5, 5.41) is 20.7. The molecule has 8 nitrogen and oxygen atoms in total. The molecule has 8 rings (SSSR count). The van der Waals surface area contributed by atoms with Crippen molar-refractivity contribution >= 4 is 6.21 Å². The van der Waals surface area contributed by atoms with Crippen molar-refractivity contribution in [3.05, 3.63) is 70.8 Å². The summed E-state index contributed by atoms with van der Waals surface area (Å²) in [5.74, 6) is 3.31. The molecule has 46 heavy (non-hydrogen) atoms. The molecule has 6 atom stereocenters. The molecule has 6 aliphatic rings. The predicted molar refractivity (Wildman–Crippen MR) is 176 cm³/mol. The maximum atomic E-state index is 10.4. The fourth-order valence-electron chi connectivity index (χ4n) is 9.21. The van der Waals surface area contributed by atoms with Gasteiger partial charge in [-0.1, -0.05) is 36.8 Å². The van der Waals surface area contributed by atoms with Crippen LogP contribution < -0.4 is 18.9 Å². The molecule has 0 bridgehead atoms. The predicted octanol–water partition coefficient (Wildman–Crippen LogP) is 4.64. The molecule has 2 aromatic rings. The van der Waals surface area contributed by atoms with Crippen molar-refractivity contribution < 1.29 is 33.7 Å². The highest BCUT2D eigenvalue weighted by Crippen LogP contribution is 2.56. The fourth-order valence-corrected chi connectivity index (χ4v) is 9.21. The van der Waals surface area contributed by atoms with Crippen LogP contribution in [0.3, 0.4) is 0 Å². The van der Waals surface area contributed by atoms with Gasteiger partial charge in [0.05, 0.1) is 37.3 Å². The maximum absolute atomic E-state index is 10.4. The Hall–Kier alpha value is -3.33. The first-order chi connectivity index (χ1) is 22.4. The number of hydrogen-bond donors (Lipinski definition) is 2. The molecule has 0 saturated heterocycles. The van der Waals surface area contributed by atoms with Gasteiger partial charge in [-0.25, -0.2) is 4.58 Å². The second-order valence-corrected chi connectivity index (χ2v) is 14.2. The van der Waals surface area contributed by atoms with Crippen LogP contribution in [0.4, 0.5) is 0 Å². The SMILES string of the molecule is COc1ccc2c3c1O[C@H]1C[C@@H](O)C=C[C@@]31CC[N+](CCCCCCN1CC[C@@]34C=C[C@H](O)C[C@@H]3Oc3c(OC)ccc(c34)C1)=C2.